The van der Waals surface area contributed by atoms with Crippen molar-refractivity contribution in [2.24, 2.45) is 34.3 Å². The predicted molar refractivity (Wildman–Crippen MR) is 196 cm³/mol. The predicted octanol–water partition coefficient (Wildman–Crippen LogP) is 9.70. The first-order valence-electron chi connectivity index (χ1n) is 17.7. The van der Waals surface area contributed by atoms with Gasteiger partial charge in [-0.1, -0.05) is 128 Å². The summed E-state index contributed by atoms with van der Waals surface area (Å²) in [5.41, 5.74) is 10.2. The molecule has 0 saturated carbocycles. The Morgan fingerprint density at radius 1 is 0.723 bits per heavy atom. The molecular weight excluding hydrogens is 580 g/mol. The third kappa shape index (κ3) is 14.2. The number of hydrogen-bond acceptors (Lipinski definition) is 4. The molecule has 3 aromatic rings. The summed E-state index contributed by atoms with van der Waals surface area (Å²) in [5.74, 6) is 1.90. The monoisotopic (exact) mass is 642 g/mol. The molecule has 0 bridgehead atoms. The summed E-state index contributed by atoms with van der Waals surface area (Å²) >= 11 is 0. The molecule has 0 heterocycles. The number of nitrogens with two attached hydrogens (primary N) is 1. The van der Waals surface area contributed by atoms with Gasteiger partial charge in [-0.25, -0.2) is 0 Å². The van der Waals surface area contributed by atoms with Gasteiger partial charge in [-0.3, -0.25) is 4.79 Å². The lowest BCUT2D eigenvalue weighted by atomic mass is 9.75. The number of hydrogen-bond donors (Lipinski definition) is 1. The van der Waals surface area contributed by atoms with Crippen LogP contribution in [0.2, 0.25) is 0 Å². The van der Waals surface area contributed by atoms with E-state index in [1.165, 1.54) is 0 Å². The lowest BCUT2D eigenvalue weighted by Crippen LogP contribution is -2.41. The molecule has 0 spiro atoms. The smallest absolute Gasteiger partial charge is 0.226 e. The number of carbonyl (C=O) groups is 1. The van der Waals surface area contributed by atoms with Crippen LogP contribution in [0.4, 0.5) is 0 Å². The third-order valence-electron chi connectivity index (χ3n) is 8.80. The zero-order valence-electron chi connectivity index (χ0n) is 30.5. The van der Waals surface area contributed by atoms with E-state index in [1.807, 2.05) is 77.7 Å². The molecule has 0 saturated heterocycles. The van der Waals surface area contributed by atoms with E-state index in [-0.39, 0.29) is 28.7 Å². The van der Waals surface area contributed by atoms with Crippen LogP contribution >= 0.6 is 0 Å². The normalized spacial score (nSPS) is 14.7. The highest BCUT2D eigenvalue weighted by molar-refractivity contribution is 5.79. The number of rotatable bonds is 18. The Bertz CT molecular complexity index is 1300. The Morgan fingerprint density at radius 3 is 1.89 bits per heavy atom. The summed E-state index contributed by atoms with van der Waals surface area (Å²) in [6.07, 6.45) is 4.16. The molecule has 4 unspecified atom stereocenters. The molecule has 5 nitrogen and oxygen atoms in total. The number of carbonyl (C=O) groups excluding carboxylic acids is 1. The average molecular weight is 643 g/mol. The molecule has 0 fully saturated rings. The highest BCUT2D eigenvalue weighted by Gasteiger charge is 2.32. The summed E-state index contributed by atoms with van der Waals surface area (Å²) in [4.78, 5) is 16.4. The van der Waals surface area contributed by atoms with E-state index >= 15 is 0 Å². The van der Waals surface area contributed by atoms with E-state index in [4.69, 9.17) is 15.2 Å². The quantitative estimate of drug-likeness (QED) is 0.140. The van der Waals surface area contributed by atoms with E-state index in [2.05, 4.69) is 67.5 Å². The van der Waals surface area contributed by atoms with Gasteiger partial charge in [0.1, 0.15) is 12.4 Å². The van der Waals surface area contributed by atoms with Crippen molar-refractivity contribution in [2.75, 3.05) is 26.4 Å². The first-order valence-corrected chi connectivity index (χ1v) is 17.7. The van der Waals surface area contributed by atoms with Crippen molar-refractivity contribution in [3.8, 4) is 5.75 Å². The summed E-state index contributed by atoms with van der Waals surface area (Å²) in [6.45, 7) is 20.9. The second-order valence-corrected chi connectivity index (χ2v) is 16.0. The van der Waals surface area contributed by atoms with Crippen molar-refractivity contribution in [3.05, 3.63) is 102 Å². The molecule has 47 heavy (non-hydrogen) atoms. The van der Waals surface area contributed by atoms with Crippen molar-refractivity contribution >= 4 is 5.91 Å². The molecule has 5 heteroatoms. The summed E-state index contributed by atoms with van der Waals surface area (Å²) in [6, 6.07) is 28.2. The van der Waals surface area contributed by atoms with Gasteiger partial charge in [-0.2, -0.15) is 0 Å². The minimum absolute atomic E-state index is 0.0123. The Hall–Kier alpha value is -3.15. The number of benzene rings is 3. The second kappa shape index (κ2) is 18.4. The second-order valence-electron chi connectivity index (χ2n) is 16.0. The molecule has 0 aromatic heterocycles. The van der Waals surface area contributed by atoms with Crippen LogP contribution in [0.25, 0.3) is 0 Å². The molecule has 4 atom stereocenters. The first-order chi connectivity index (χ1) is 22.2. The molecule has 0 aliphatic heterocycles. The van der Waals surface area contributed by atoms with E-state index in [1.54, 1.807) is 0 Å². The standard InChI is InChI=1S/C42H62N2O3/c1-32(29-41(3,4)5)19-24-38(33(2)30-42(6,7)8)40(45)44(31-34-15-11-9-12-16-34)25-26-46-27-28-47-37-22-20-36(21-23-37)39(43)35-17-13-10-14-18-35/h9-18,20-23,32-33,38-39H,19,24-31,43H2,1-8H3. The lowest BCUT2D eigenvalue weighted by molar-refractivity contribution is -0.139. The molecule has 258 valence electrons. The first kappa shape index (κ1) is 38.3. The maximum Gasteiger partial charge on any atom is 0.226 e. The van der Waals surface area contributed by atoms with Crippen LogP contribution in [0, 0.1) is 28.6 Å². The fraction of sp³-hybridized carbons (Fsp3) is 0.548. The van der Waals surface area contributed by atoms with Gasteiger partial charge in [0.15, 0.2) is 0 Å². The van der Waals surface area contributed by atoms with Gasteiger partial charge < -0.3 is 20.1 Å². The fourth-order valence-corrected chi connectivity index (χ4v) is 6.80. The number of nitrogens with zero attached hydrogens (tertiary/aromatic N) is 1. The van der Waals surface area contributed by atoms with Gasteiger partial charge in [-0.15, -0.1) is 0 Å². The van der Waals surface area contributed by atoms with Crippen molar-refractivity contribution < 1.29 is 14.3 Å². The van der Waals surface area contributed by atoms with Gasteiger partial charge in [0, 0.05) is 19.0 Å². The SMILES string of the molecule is CC(CCC(C(=O)N(CCOCCOc1ccc(C(N)c2ccccc2)cc1)Cc1ccccc1)C(C)CC(C)(C)C)CC(C)(C)C. The highest BCUT2D eigenvalue weighted by Crippen LogP contribution is 2.35. The fourth-order valence-electron chi connectivity index (χ4n) is 6.80. The van der Waals surface area contributed by atoms with Crippen LogP contribution in [0.3, 0.4) is 0 Å². The van der Waals surface area contributed by atoms with E-state index in [0.717, 1.165) is 48.1 Å². The van der Waals surface area contributed by atoms with E-state index in [0.29, 0.717) is 44.7 Å². The number of amides is 1. The maximum atomic E-state index is 14.4. The summed E-state index contributed by atoms with van der Waals surface area (Å²) < 4.78 is 12.0. The zero-order chi connectivity index (χ0) is 34.5. The van der Waals surface area contributed by atoms with Crippen molar-refractivity contribution in [2.45, 2.75) is 93.7 Å². The minimum Gasteiger partial charge on any atom is -0.491 e. The Balaban J connectivity index is 1.59. The largest absolute Gasteiger partial charge is 0.491 e. The summed E-state index contributed by atoms with van der Waals surface area (Å²) in [7, 11) is 0. The molecule has 2 N–H and O–H groups in total. The Labute approximate surface area is 286 Å². The van der Waals surface area contributed by atoms with Gasteiger partial charge in [0.05, 0.1) is 19.3 Å². The Kier molecular flexibility index (Phi) is 15.0. The van der Waals surface area contributed by atoms with Crippen molar-refractivity contribution in [3.63, 3.8) is 0 Å². The average Bonchev–Trinajstić information content (AvgIpc) is 3.01. The molecule has 0 aliphatic carbocycles. The van der Waals surface area contributed by atoms with Gasteiger partial charge >= 0.3 is 0 Å². The Morgan fingerprint density at radius 2 is 1.30 bits per heavy atom. The van der Waals surface area contributed by atoms with E-state index < -0.39 is 0 Å². The van der Waals surface area contributed by atoms with Crippen molar-refractivity contribution in [1.29, 1.82) is 0 Å². The van der Waals surface area contributed by atoms with Gasteiger partial charge in [0.2, 0.25) is 5.91 Å². The molecule has 3 aromatic carbocycles. The van der Waals surface area contributed by atoms with Crippen LogP contribution in [-0.2, 0) is 16.1 Å². The van der Waals surface area contributed by atoms with Crippen LogP contribution in [0.15, 0.2) is 84.9 Å². The molecule has 0 aliphatic rings. The zero-order valence-corrected chi connectivity index (χ0v) is 30.5. The molecular formula is C42H62N2O3. The van der Waals surface area contributed by atoms with E-state index in [9.17, 15) is 4.79 Å². The molecule has 0 radical (unpaired) electrons. The lowest BCUT2D eigenvalue weighted by Gasteiger charge is -2.34. The molecule has 3 rings (SSSR count). The summed E-state index contributed by atoms with van der Waals surface area (Å²) in [5, 5.41) is 0. The van der Waals surface area contributed by atoms with Crippen molar-refractivity contribution in [1.82, 2.24) is 4.90 Å². The minimum atomic E-state index is -0.168. The van der Waals surface area contributed by atoms with Crippen LogP contribution in [-0.4, -0.2) is 37.2 Å². The molecule has 1 amide bonds. The third-order valence-corrected chi connectivity index (χ3v) is 8.80. The van der Waals surface area contributed by atoms with Crippen LogP contribution in [0.1, 0.15) is 104 Å². The number of ether oxygens (including phenoxy) is 2. The topological polar surface area (TPSA) is 64.8 Å². The van der Waals surface area contributed by atoms with Crippen LogP contribution < -0.4 is 10.5 Å². The van der Waals surface area contributed by atoms with Gasteiger partial charge in [-0.05, 0) is 77.2 Å². The highest BCUT2D eigenvalue weighted by atomic mass is 16.5. The maximum absolute atomic E-state index is 14.4. The van der Waals surface area contributed by atoms with Crippen LogP contribution in [0.5, 0.6) is 5.75 Å². The van der Waals surface area contributed by atoms with Gasteiger partial charge in [0.25, 0.3) is 0 Å².